The van der Waals surface area contributed by atoms with E-state index in [4.69, 9.17) is 4.65 Å². The molecular weight excluding hydrogens is 425 g/mol. The van der Waals surface area contributed by atoms with Gasteiger partial charge in [-0.2, -0.15) is 0 Å². The zero-order chi connectivity index (χ0) is 20.3. The number of likely N-dealkylation sites (tertiary alicyclic amines) is 1. The van der Waals surface area contributed by atoms with Crippen LogP contribution in [-0.2, 0) is 14.2 Å². The van der Waals surface area contributed by atoms with Gasteiger partial charge in [-0.25, -0.2) is 0 Å². The summed E-state index contributed by atoms with van der Waals surface area (Å²) in [6.45, 7) is 4.06. The fourth-order valence-corrected chi connectivity index (χ4v) is 5.42. The van der Waals surface area contributed by atoms with Crippen molar-refractivity contribution in [3.05, 3.63) is 39.3 Å². The maximum Gasteiger partial charge on any atom is 0.487 e. The number of imide groups is 1. The highest BCUT2D eigenvalue weighted by molar-refractivity contribution is 9.10. The van der Waals surface area contributed by atoms with Crippen molar-refractivity contribution in [2.75, 3.05) is 7.05 Å². The molecule has 2 aliphatic heterocycles. The van der Waals surface area contributed by atoms with E-state index in [0.717, 1.165) is 15.5 Å². The number of benzene rings is 1. The van der Waals surface area contributed by atoms with Gasteiger partial charge in [-0.15, -0.1) is 0 Å². The zero-order valence-electron chi connectivity index (χ0n) is 16.1. The van der Waals surface area contributed by atoms with Gasteiger partial charge in [0.05, 0.1) is 17.9 Å². The van der Waals surface area contributed by atoms with E-state index in [9.17, 15) is 19.7 Å². The topological polar surface area (TPSA) is 87.1 Å². The van der Waals surface area contributed by atoms with Crippen LogP contribution in [-0.4, -0.2) is 41.0 Å². The Kier molecular flexibility index (Phi) is 4.92. The number of allylic oxidation sites excluding steroid dienone is 2. The molecule has 3 aliphatic rings. The number of halogens is 1. The number of aromatic hydroxyl groups is 1. The molecule has 1 aromatic carbocycles. The monoisotopic (exact) mass is 447 g/mol. The lowest BCUT2D eigenvalue weighted by Gasteiger charge is -2.43. The zero-order valence-corrected chi connectivity index (χ0v) is 17.6. The number of carbonyl (C=O) groups is 2. The maximum absolute atomic E-state index is 12.9. The Balaban J connectivity index is 1.79. The Bertz CT molecular complexity index is 885. The standard InChI is InChI=1S/C20H23BBrNO5/c1-9(2)11-7-14-17(20(26)23(3)19(14)25)13-8-16(28-21(27)18(11)13)12-6-10(22)4-5-15(12)24/h4-6,9,13-14,16-17,24,27H,7-8H2,1-3H3/t13-,14-,16-,17+/m0/s1. The molecular formula is C20H23BBrNO5. The van der Waals surface area contributed by atoms with E-state index in [2.05, 4.69) is 15.9 Å². The summed E-state index contributed by atoms with van der Waals surface area (Å²) >= 11 is 3.40. The summed E-state index contributed by atoms with van der Waals surface area (Å²) in [6.07, 6.45) is 0.346. The van der Waals surface area contributed by atoms with Crippen LogP contribution < -0.4 is 0 Å². The van der Waals surface area contributed by atoms with Crippen molar-refractivity contribution in [1.82, 2.24) is 4.90 Å². The van der Waals surface area contributed by atoms with E-state index in [1.165, 1.54) is 11.9 Å². The van der Waals surface area contributed by atoms with Crippen molar-refractivity contribution in [3.63, 3.8) is 0 Å². The maximum atomic E-state index is 12.9. The molecule has 0 saturated carbocycles. The first-order valence-corrected chi connectivity index (χ1v) is 10.4. The largest absolute Gasteiger partial charge is 0.508 e. The first kappa shape index (κ1) is 19.7. The first-order chi connectivity index (χ1) is 13.2. The van der Waals surface area contributed by atoms with E-state index in [0.29, 0.717) is 18.4 Å². The van der Waals surface area contributed by atoms with Crippen LogP contribution in [0.15, 0.2) is 33.7 Å². The van der Waals surface area contributed by atoms with Gasteiger partial charge in [0.15, 0.2) is 0 Å². The van der Waals surface area contributed by atoms with Crippen LogP contribution in [0.25, 0.3) is 0 Å². The number of carbonyl (C=O) groups excluding carboxylic acids is 2. The number of amides is 2. The third kappa shape index (κ3) is 2.93. The van der Waals surface area contributed by atoms with Crippen LogP contribution in [0.5, 0.6) is 5.75 Å². The van der Waals surface area contributed by atoms with E-state index in [-0.39, 0.29) is 35.3 Å². The molecule has 6 nitrogen and oxygen atoms in total. The first-order valence-electron chi connectivity index (χ1n) is 9.56. The lowest BCUT2D eigenvalue weighted by molar-refractivity contribution is -0.138. The third-order valence-corrected chi connectivity index (χ3v) is 6.89. The van der Waals surface area contributed by atoms with Crippen molar-refractivity contribution in [3.8, 4) is 5.75 Å². The van der Waals surface area contributed by atoms with Crippen LogP contribution in [0.4, 0.5) is 0 Å². The number of phenols is 1. The summed E-state index contributed by atoms with van der Waals surface area (Å²) in [6, 6.07) is 5.06. The molecule has 2 amide bonds. The molecule has 2 heterocycles. The minimum Gasteiger partial charge on any atom is -0.508 e. The van der Waals surface area contributed by atoms with Crippen molar-refractivity contribution >= 4 is 34.9 Å². The molecule has 4 rings (SSSR count). The molecule has 148 valence electrons. The lowest BCUT2D eigenvalue weighted by Crippen LogP contribution is -2.45. The Morgan fingerprint density at radius 1 is 1.25 bits per heavy atom. The van der Waals surface area contributed by atoms with Crippen LogP contribution in [0, 0.1) is 23.7 Å². The van der Waals surface area contributed by atoms with Gasteiger partial charge in [0.2, 0.25) is 11.8 Å². The molecule has 4 atom stereocenters. The molecule has 0 bridgehead atoms. The predicted octanol–water partition coefficient (Wildman–Crippen LogP) is 2.84. The number of fused-ring (bicyclic) bond motifs is 3. The normalized spacial score (nSPS) is 30.2. The smallest absolute Gasteiger partial charge is 0.487 e. The predicted molar refractivity (Wildman–Crippen MR) is 107 cm³/mol. The fraction of sp³-hybridized carbons (Fsp3) is 0.500. The van der Waals surface area contributed by atoms with Gasteiger partial charge in [-0.3, -0.25) is 14.5 Å². The summed E-state index contributed by atoms with van der Waals surface area (Å²) in [5.74, 6) is -1.26. The number of rotatable bonds is 2. The summed E-state index contributed by atoms with van der Waals surface area (Å²) in [5, 5.41) is 21.2. The SMILES string of the molecule is CC(C)C1=C2B(O)O[C@H](c3cc(Br)ccc3O)C[C@H]2[C@H]2C(=O)N(C)C(=O)[C@H]2C1. The average Bonchev–Trinajstić information content (AvgIpc) is 2.87. The highest BCUT2D eigenvalue weighted by Gasteiger charge is 2.57. The molecule has 8 heteroatoms. The summed E-state index contributed by atoms with van der Waals surface area (Å²) in [7, 11) is 0.375. The van der Waals surface area contributed by atoms with E-state index < -0.39 is 19.1 Å². The van der Waals surface area contributed by atoms with Crippen molar-refractivity contribution in [1.29, 1.82) is 0 Å². The van der Waals surface area contributed by atoms with Crippen LogP contribution in [0.1, 0.15) is 38.4 Å². The van der Waals surface area contributed by atoms with Crippen LogP contribution in [0.3, 0.4) is 0 Å². The number of hydrogen-bond acceptors (Lipinski definition) is 5. The second kappa shape index (κ2) is 7.00. The third-order valence-electron chi connectivity index (χ3n) is 6.40. The molecule has 0 spiro atoms. The number of phenolic OH excluding ortho intramolecular Hbond substituents is 1. The Hall–Kier alpha value is -1.64. The van der Waals surface area contributed by atoms with Crippen molar-refractivity contribution in [2.24, 2.45) is 23.7 Å². The highest BCUT2D eigenvalue weighted by Crippen LogP contribution is 2.53. The molecule has 2 fully saturated rings. The molecule has 1 aromatic rings. The number of hydrogen-bond donors (Lipinski definition) is 2. The second-order valence-corrected chi connectivity index (χ2v) is 9.15. The Labute approximate surface area is 172 Å². The minimum absolute atomic E-state index is 0.0789. The average molecular weight is 448 g/mol. The van der Waals surface area contributed by atoms with Gasteiger partial charge in [0.25, 0.3) is 0 Å². The molecule has 1 aliphatic carbocycles. The van der Waals surface area contributed by atoms with Gasteiger partial charge in [0, 0.05) is 17.1 Å². The van der Waals surface area contributed by atoms with E-state index in [1.807, 2.05) is 13.8 Å². The fourth-order valence-electron chi connectivity index (χ4n) is 5.04. The van der Waals surface area contributed by atoms with E-state index in [1.54, 1.807) is 18.2 Å². The van der Waals surface area contributed by atoms with E-state index >= 15 is 0 Å². The molecule has 0 unspecified atom stereocenters. The Morgan fingerprint density at radius 3 is 2.64 bits per heavy atom. The number of nitrogens with zero attached hydrogens (tertiary/aromatic N) is 1. The summed E-state index contributed by atoms with van der Waals surface area (Å²) in [5.41, 5.74) is 2.32. The van der Waals surface area contributed by atoms with Crippen molar-refractivity contribution in [2.45, 2.75) is 32.8 Å². The lowest BCUT2D eigenvalue weighted by atomic mass is 9.54. The molecule has 28 heavy (non-hydrogen) atoms. The summed E-state index contributed by atoms with van der Waals surface area (Å²) < 4.78 is 6.69. The molecule has 2 N–H and O–H groups in total. The minimum atomic E-state index is -1.16. The summed E-state index contributed by atoms with van der Waals surface area (Å²) in [4.78, 5) is 26.7. The van der Waals surface area contributed by atoms with Gasteiger partial charge < -0.3 is 14.8 Å². The van der Waals surface area contributed by atoms with Gasteiger partial charge in [0.1, 0.15) is 5.75 Å². The van der Waals surface area contributed by atoms with Gasteiger partial charge in [-0.05, 0) is 48.3 Å². The van der Waals surface area contributed by atoms with Crippen molar-refractivity contribution < 1.29 is 24.4 Å². The second-order valence-electron chi connectivity index (χ2n) is 8.23. The van der Waals surface area contributed by atoms with Gasteiger partial charge >= 0.3 is 7.12 Å². The van der Waals surface area contributed by atoms with Crippen LogP contribution >= 0.6 is 15.9 Å². The Morgan fingerprint density at radius 2 is 1.96 bits per heavy atom. The molecule has 0 radical (unpaired) electrons. The quantitative estimate of drug-likeness (QED) is 0.537. The highest BCUT2D eigenvalue weighted by atomic mass is 79.9. The molecule has 0 aromatic heterocycles. The van der Waals surface area contributed by atoms with Gasteiger partial charge in [-0.1, -0.05) is 35.4 Å². The molecule has 2 saturated heterocycles. The van der Waals surface area contributed by atoms with Crippen LogP contribution in [0.2, 0.25) is 0 Å².